The van der Waals surface area contributed by atoms with Crippen LogP contribution in [0.1, 0.15) is 6.92 Å². The quantitative estimate of drug-likeness (QED) is 0.671. The van der Waals surface area contributed by atoms with Crippen molar-refractivity contribution in [1.29, 1.82) is 5.26 Å². The highest BCUT2D eigenvalue weighted by Crippen LogP contribution is 2.01. The molecule has 7 nitrogen and oxygen atoms in total. The SMILES string of the molecule is CC(C#N)N1CCOCC1.COS(=O)(=O)O. The maximum Gasteiger partial charge on any atom is 0.397 e. The Labute approximate surface area is 95.5 Å². The minimum atomic E-state index is -4.16. The first-order chi connectivity index (χ1) is 7.40. The number of hydrogen-bond acceptors (Lipinski definition) is 6. The highest BCUT2D eigenvalue weighted by molar-refractivity contribution is 7.80. The van der Waals surface area contributed by atoms with Gasteiger partial charge in [-0.3, -0.25) is 13.6 Å². The fourth-order valence-corrected chi connectivity index (χ4v) is 1.05. The first kappa shape index (κ1) is 15.3. The van der Waals surface area contributed by atoms with E-state index < -0.39 is 10.4 Å². The van der Waals surface area contributed by atoms with Gasteiger partial charge in [0.15, 0.2) is 0 Å². The molecular weight excluding hydrogens is 236 g/mol. The van der Waals surface area contributed by atoms with Gasteiger partial charge in [-0.2, -0.15) is 13.7 Å². The number of rotatable bonds is 2. The molecule has 1 atom stereocenters. The molecule has 1 N–H and O–H groups in total. The van der Waals surface area contributed by atoms with Crippen LogP contribution in [-0.4, -0.2) is 57.3 Å². The Morgan fingerprint density at radius 3 is 2.25 bits per heavy atom. The maximum absolute atomic E-state index is 9.33. The standard InChI is InChI=1S/C7H12N2O.CH4O4S/c1-7(6-8)9-2-4-10-5-3-9;1-5-6(2,3)4/h7H,2-5H2,1H3;1H3,(H,2,3,4). The van der Waals surface area contributed by atoms with Gasteiger partial charge in [0.05, 0.1) is 32.4 Å². The molecule has 1 aliphatic heterocycles. The predicted molar refractivity (Wildman–Crippen MR) is 56.0 cm³/mol. The average Bonchev–Trinajstić information content (AvgIpc) is 2.29. The van der Waals surface area contributed by atoms with E-state index in [9.17, 15) is 8.42 Å². The van der Waals surface area contributed by atoms with E-state index in [1.54, 1.807) is 0 Å². The van der Waals surface area contributed by atoms with Crippen molar-refractivity contribution in [3.05, 3.63) is 0 Å². The third-order valence-electron chi connectivity index (χ3n) is 1.99. The minimum absolute atomic E-state index is 0.0453. The second-order valence-corrected chi connectivity index (χ2v) is 4.24. The number of ether oxygens (including phenoxy) is 1. The van der Waals surface area contributed by atoms with Crippen LogP contribution in [0.25, 0.3) is 0 Å². The molecular formula is C8H16N2O5S. The Morgan fingerprint density at radius 1 is 1.50 bits per heavy atom. The van der Waals surface area contributed by atoms with Crippen LogP contribution >= 0.6 is 0 Å². The molecule has 0 saturated carbocycles. The van der Waals surface area contributed by atoms with Gasteiger partial charge in [-0.1, -0.05) is 0 Å². The lowest BCUT2D eigenvalue weighted by atomic mass is 10.3. The summed E-state index contributed by atoms with van der Waals surface area (Å²) in [5, 5.41) is 8.55. The van der Waals surface area contributed by atoms with Gasteiger partial charge in [-0.05, 0) is 6.92 Å². The third-order valence-corrected chi connectivity index (χ3v) is 2.41. The van der Waals surface area contributed by atoms with E-state index in [0.29, 0.717) is 0 Å². The molecule has 1 saturated heterocycles. The third kappa shape index (κ3) is 7.56. The maximum atomic E-state index is 9.33. The van der Waals surface area contributed by atoms with Gasteiger partial charge < -0.3 is 4.74 Å². The van der Waals surface area contributed by atoms with Gasteiger partial charge in [-0.25, -0.2) is 0 Å². The molecule has 1 heterocycles. The van der Waals surface area contributed by atoms with Crippen LogP contribution in [0.15, 0.2) is 0 Å². The van der Waals surface area contributed by atoms with Crippen LogP contribution in [0.3, 0.4) is 0 Å². The second kappa shape index (κ2) is 7.54. The molecule has 0 bridgehead atoms. The number of morpholine rings is 1. The molecule has 8 heteroatoms. The van der Waals surface area contributed by atoms with Crippen molar-refractivity contribution in [3.8, 4) is 6.07 Å². The van der Waals surface area contributed by atoms with Crippen LogP contribution in [0, 0.1) is 11.3 Å². The molecule has 1 fully saturated rings. The van der Waals surface area contributed by atoms with Crippen LogP contribution in [0.4, 0.5) is 0 Å². The van der Waals surface area contributed by atoms with Crippen LogP contribution in [0.5, 0.6) is 0 Å². The van der Waals surface area contributed by atoms with Crippen molar-refractivity contribution in [2.24, 2.45) is 0 Å². The molecule has 0 aliphatic carbocycles. The molecule has 1 rings (SSSR count). The summed E-state index contributed by atoms with van der Waals surface area (Å²) in [6.45, 7) is 5.26. The molecule has 16 heavy (non-hydrogen) atoms. The Balaban J connectivity index is 0.000000325. The predicted octanol–water partition coefficient (Wildman–Crippen LogP) is -0.334. The molecule has 0 aromatic rings. The highest BCUT2D eigenvalue weighted by Gasteiger charge is 2.15. The van der Waals surface area contributed by atoms with Crippen molar-refractivity contribution < 1.29 is 21.9 Å². The summed E-state index contributed by atoms with van der Waals surface area (Å²) >= 11 is 0. The van der Waals surface area contributed by atoms with E-state index in [4.69, 9.17) is 14.6 Å². The van der Waals surface area contributed by atoms with E-state index in [-0.39, 0.29) is 6.04 Å². The van der Waals surface area contributed by atoms with E-state index in [1.165, 1.54) is 0 Å². The summed E-state index contributed by atoms with van der Waals surface area (Å²) in [6, 6.07) is 2.25. The first-order valence-corrected chi connectivity index (χ1v) is 6.01. The van der Waals surface area contributed by atoms with Gasteiger partial charge in [0.1, 0.15) is 0 Å². The van der Waals surface area contributed by atoms with Crippen LogP contribution < -0.4 is 0 Å². The lowest BCUT2D eigenvalue weighted by Crippen LogP contribution is -2.41. The molecule has 0 radical (unpaired) electrons. The van der Waals surface area contributed by atoms with E-state index in [2.05, 4.69) is 15.2 Å². The number of nitriles is 1. The molecule has 94 valence electrons. The second-order valence-electron chi connectivity index (χ2n) is 3.05. The topological polar surface area (TPSA) is 99.9 Å². The summed E-state index contributed by atoms with van der Waals surface area (Å²) in [5.41, 5.74) is 0. The highest BCUT2D eigenvalue weighted by atomic mass is 32.3. The van der Waals surface area contributed by atoms with Gasteiger partial charge in [0.25, 0.3) is 0 Å². The van der Waals surface area contributed by atoms with Crippen molar-refractivity contribution in [2.75, 3.05) is 33.4 Å². The van der Waals surface area contributed by atoms with Gasteiger partial charge in [0.2, 0.25) is 0 Å². The monoisotopic (exact) mass is 252 g/mol. The van der Waals surface area contributed by atoms with E-state index >= 15 is 0 Å². The van der Waals surface area contributed by atoms with Crippen molar-refractivity contribution in [3.63, 3.8) is 0 Å². The zero-order chi connectivity index (χ0) is 12.6. The molecule has 0 aromatic carbocycles. The van der Waals surface area contributed by atoms with Crippen molar-refractivity contribution >= 4 is 10.4 Å². The largest absolute Gasteiger partial charge is 0.397 e. The van der Waals surface area contributed by atoms with Gasteiger partial charge in [0, 0.05) is 13.1 Å². The summed E-state index contributed by atoms with van der Waals surface area (Å²) in [5.74, 6) is 0. The minimum Gasteiger partial charge on any atom is -0.379 e. The van der Waals surface area contributed by atoms with E-state index in [0.717, 1.165) is 33.4 Å². The fourth-order valence-electron chi connectivity index (χ4n) is 1.05. The lowest BCUT2D eigenvalue weighted by molar-refractivity contribution is 0.0299. The van der Waals surface area contributed by atoms with Gasteiger partial charge in [-0.15, -0.1) is 0 Å². The van der Waals surface area contributed by atoms with Crippen molar-refractivity contribution in [2.45, 2.75) is 13.0 Å². The normalized spacial score (nSPS) is 19.1. The summed E-state index contributed by atoms with van der Waals surface area (Å²) < 4.78 is 34.9. The Bertz CT molecular complexity index is 318. The average molecular weight is 252 g/mol. The van der Waals surface area contributed by atoms with Crippen LogP contribution in [-0.2, 0) is 19.3 Å². The molecule has 1 aliphatic rings. The van der Waals surface area contributed by atoms with E-state index in [1.807, 2.05) is 6.92 Å². The van der Waals surface area contributed by atoms with Crippen molar-refractivity contribution in [1.82, 2.24) is 4.90 Å². The number of hydrogen-bond donors (Lipinski definition) is 1. The molecule has 0 spiro atoms. The van der Waals surface area contributed by atoms with Gasteiger partial charge >= 0.3 is 10.4 Å². The Hall–Kier alpha value is -0.720. The molecule has 1 unspecified atom stereocenters. The Morgan fingerprint density at radius 2 is 1.94 bits per heavy atom. The zero-order valence-electron chi connectivity index (χ0n) is 9.29. The molecule has 0 aromatic heterocycles. The first-order valence-electron chi connectivity index (χ1n) is 4.65. The lowest BCUT2D eigenvalue weighted by Gasteiger charge is -2.28. The summed E-state index contributed by atoms with van der Waals surface area (Å²) in [7, 11) is -3.29. The zero-order valence-corrected chi connectivity index (χ0v) is 10.1. The Kier molecular flexibility index (Phi) is 7.20. The molecule has 0 amide bonds. The smallest absolute Gasteiger partial charge is 0.379 e. The summed E-state index contributed by atoms with van der Waals surface area (Å²) in [6.07, 6.45) is 0. The van der Waals surface area contributed by atoms with Crippen LogP contribution in [0.2, 0.25) is 0 Å². The summed E-state index contributed by atoms with van der Waals surface area (Å²) in [4.78, 5) is 2.13. The number of nitrogens with zero attached hydrogens (tertiary/aromatic N) is 2. The fraction of sp³-hybridized carbons (Fsp3) is 0.875.